The summed E-state index contributed by atoms with van der Waals surface area (Å²) in [5, 5.41) is 19.5. The molecule has 0 saturated heterocycles. The summed E-state index contributed by atoms with van der Waals surface area (Å²) in [7, 11) is 0. The predicted octanol–water partition coefficient (Wildman–Crippen LogP) is 6.44. The summed E-state index contributed by atoms with van der Waals surface area (Å²) in [6.07, 6.45) is 1.50. The van der Waals surface area contributed by atoms with Gasteiger partial charge in [0.1, 0.15) is 5.15 Å². The predicted molar refractivity (Wildman–Crippen MR) is 134 cm³/mol. The van der Waals surface area contributed by atoms with Gasteiger partial charge in [-0.3, -0.25) is 4.79 Å². The molecule has 33 heavy (non-hydrogen) atoms. The minimum absolute atomic E-state index is 0.0827. The zero-order valence-corrected chi connectivity index (χ0v) is 20.9. The van der Waals surface area contributed by atoms with Crippen molar-refractivity contribution >= 4 is 50.7 Å². The summed E-state index contributed by atoms with van der Waals surface area (Å²) in [5.74, 6) is -0.450. The number of halogens is 2. The maximum atomic E-state index is 11.5. The van der Waals surface area contributed by atoms with Crippen LogP contribution in [0.3, 0.4) is 0 Å². The van der Waals surface area contributed by atoms with Crippen LogP contribution in [0.5, 0.6) is 0 Å². The number of aliphatic hydroxyl groups is 1. The van der Waals surface area contributed by atoms with Gasteiger partial charge in [-0.1, -0.05) is 35.3 Å². The highest BCUT2D eigenvalue weighted by molar-refractivity contribution is 7.22. The minimum atomic E-state index is -0.888. The van der Waals surface area contributed by atoms with Crippen LogP contribution in [0, 0.1) is 6.92 Å². The number of aromatic nitrogens is 3. The van der Waals surface area contributed by atoms with Gasteiger partial charge in [-0.15, -0.1) is 11.3 Å². The fourth-order valence-electron chi connectivity index (χ4n) is 3.07. The standard InChI is InChI=1S/C20H13Cl2N3O2S.C4H10O/c1-10-8-14-18(28-20(24-14)19-23-7-6-15(22)25-19)17(13(10)9-16(26)27)11-2-4-12(21)5-3-11;1-4(2,3)5/h2-8H,9H2,1H3,(H,26,27);5H,1-3H3. The van der Waals surface area contributed by atoms with E-state index in [1.807, 2.05) is 25.1 Å². The van der Waals surface area contributed by atoms with Crippen LogP contribution in [-0.2, 0) is 11.2 Å². The van der Waals surface area contributed by atoms with E-state index in [1.54, 1.807) is 45.2 Å². The Morgan fingerprint density at radius 1 is 1.09 bits per heavy atom. The third kappa shape index (κ3) is 6.71. The molecule has 0 aliphatic heterocycles. The normalized spacial score (nSPS) is 11.2. The second-order valence-electron chi connectivity index (χ2n) is 8.37. The van der Waals surface area contributed by atoms with Crippen LogP contribution in [0.2, 0.25) is 10.2 Å². The molecule has 0 bridgehead atoms. The molecule has 0 aliphatic rings. The van der Waals surface area contributed by atoms with Crippen molar-refractivity contribution in [3.8, 4) is 22.0 Å². The van der Waals surface area contributed by atoms with Crippen molar-refractivity contribution < 1.29 is 15.0 Å². The first-order valence-electron chi connectivity index (χ1n) is 10.0. The Labute approximate surface area is 205 Å². The van der Waals surface area contributed by atoms with E-state index in [1.165, 1.54) is 11.3 Å². The zero-order valence-electron chi connectivity index (χ0n) is 18.6. The van der Waals surface area contributed by atoms with Crippen molar-refractivity contribution in [2.24, 2.45) is 0 Å². The van der Waals surface area contributed by atoms with Gasteiger partial charge < -0.3 is 10.2 Å². The van der Waals surface area contributed by atoms with Crippen LogP contribution in [0.4, 0.5) is 0 Å². The molecule has 2 aromatic carbocycles. The molecule has 4 rings (SSSR count). The maximum absolute atomic E-state index is 11.5. The van der Waals surface area contributed by atoms with Gasteiger partial charge in [0.25, 0.3) is 0 Å². The molecule has 2 heterocycles. The molecular weight excluding hydrogens is 481 g/mol. The summed E-state index contributed by atoms with van der Waals surface area (Å²) in [4.78, 5) is 24.7. The second-order valence-corrected chi connectivity index (χ2v) is 10.2. The number of hydrogen-bond donors (Lipinski definition) is 2. The van der Waals surface area contributed by atoms with Gasteiger partial charge in [-0.25, -0.2) is 15.0 Å². The van der Waals surface area contributed by atoms with Gasteiger partial charge in [0, 0.05) is 16.8 Å². The zero-order chi connectivity index (χ0) is 24.3. The number of rotatable bonds is 4. The molecule has 0 saturated carbocycles. The monoisotopic (exact) mass is 503 g/mol. The number of aliphatic carboxylic acids is 1. The molecule has 2 N–H and O–H groups in total. The highest BCUT2D eigenvalue weighted by Gasteiger charge is 2.20. The average Bonchev–Trinajstić information content (AvgIpc) is 3.11. The lowest BCUT2D eigenvalue weighted by atomic mass is 9.93. The number of hydrogen-bond acceptors (Lipinski definition) is 6. The van der Waals surface area contributed by atoms with Crippen LogP contribution in [0.15, 0.2) is 42.6 Å². The molecule has 4 aromatic rings. The first-order chi connectivity index (χ1) is 15.4. The number of nitrogens with zero attached hydrogens (tertiary/aromatic N) is 3. The van der Waals surface area contributed by atoms with E-state index in [-0.39, 0.29) is 6.42 Å². The van der Waals surface area contributed by atoms with E-state index < -0.39 is 11.6 Å². The summed E-state index contributed by atoms with van der Waals surface area (Å²) >= 11 is 13.4. The summed E-state index contributed by atoms with van der Waals surface area (Å²) < 4.78 is 0.878. The maximum Gasteiger partial charge on any atom is 0.307 e. The van der Waals surface area contributed by atoms with E-state index >= 15 is 0 Å². The van der Waals surface area contributed by atoms with Crippen LogP contribution in [0.1, 0.15) is 31.9 Å². The van der Waals surface area contributed by atoms with E-state index in [2.05, 4.69) is 15.0 Å². The highest BCUT2D eigenvalue weighted by Crippen LogP contribution is 2.40. The average molecular weight is 504 g/mol. The number of aryl methyl sites for hydroxylation is 1. The first-order valence-corrected chi connectivity index (χ1v) is 11.6. The van der Waals surface area contributed by atoms with Crippen LogP contribution < -0.4 is 0 Å². The Bertz CT molecular complexity index is 1290. The SMILES string of the molecule is CC(C)(C)O.Cc1cc2nc(-c3nccc(Cl)n3)sc2c(-c2ccc(Cl)cc2)c1CC(=O)O. The van der Waals surface area contributed by atoms with Gasteiger partial charge in [0.15, 0.2) is 10.8 Å². The third-order valence-electron chi connectivity index (χ3n) is 4.29. The lowest BCUT2D eigenvalue weighted by Crippen LogP contribution is -2.10. The Balaban J connectivity index is 0.000000555. The van der Waals surface area contributed by atoms with Crippen molar-refractivity contribution in [1.82, 2.24) is 15.0 Å². The number of fused-ring (bicyclic) bond motifs is 1. The van der Waals surface area contributed by atoms with Crippen molar-refractivity contribution in [3.63, 3.8) is 0 Å². The van der Waals surface area contributed by atoms with E-state index in [4.69, 9.17) is 28.3 Å². The Morgan fingerprint density at radius 2 is 1.73 bits per heavy atom. The summed E-state index contributed by atoms with van der Waals surface area (Å²) in [5.41, 5.74) is 3.62. The van der Waals surface area contributed by atoms with E-state index in [0.717, 1.165) is 32.5 Å². The second kappa shape index (κ2) is 10.1. The third-order valence-corrected chi connectivity index (χ3v) is 5.83. The van der Waals surface area contributed by atoms with Gasteiger partial charge >= 0.3 is 5.97 Å². The van der Waals surface area contributed by atoms with Crippen LogP contribution in [-0.4, -0.2) is 36.7 Å². The van der Waals surface area contributed by atoms with Crippen molar-refractivity contribution in [1.29, 1.82) is 0 Å². The molecule has 9 heteroatoms. The molecule has 0 spiro atoms. The molecule has 6 nitrogen and oxygen atoms in total. The minimum Gasteiger partial charge on any atom is -0.481 e. The molecule has 0 radical (unpaired) electrons. The van der Waals surface area contributed by atoms with Crippen molar-refractivity contribution in [3.05, 3.63) is 63.9 Å². The largest absolute Gasteiger partial charge is 0.481 e. The molecule has 0 aliphatic carbocycles. The quantitative estimate of drug-likeness (QED) is 0.311. The Kier molecular flexibility index (Phi) is 7.69. The lowest BCUT2D eigenvalue weighted by Gasteiger charge is -2.13. The fourth-order valence-corrected chi connectivity index (χ4v) is 4.41. The van der Waals surface area contributed by atoms with E-state index in [0.29, 0.717) is 21.0 Å². The van der Waals surface area contributed by atoms with Gasteiger partial charge in [-0.05, 0) is 68.7 Å². The van der Waals surface area contributed by atoms with Crippen molar-refractivity contribution in [2.45, 2.75) is 39.7 Å². The van der Waals surface area contributed by atoms with Gasteiger partial charge in [0.2, 0.25) is 0 Å². The topological polar surface area (TPSA) is 96.2 Å². The first kappa shape index (κ1) is 25.1. The number of carboxylic acids is 1. The Morgan fingerprint density at radius 3 is 2.30 bits per heavy atom. The van der Waals surface area contributed by atoms with Crippen LogP contribution >= 0.6 is 34.5 Å². The summed E-state index contributed by atoms with van der Waals surface area (Å²) in [6, 6.07) is 10.9. The number of carbonyl (C=O) groups is 1. The Hall–Kier alpha value is -2.58. The molecule has 0 fully saturated rings. The smallest absolute Gasteiger partial charge is 0.307 e. The molecular formula is C24H23Cl2N3O3S. The van der Waals surface area contributed by atoms with Crippen molar-refractivity contribution in [2.75, 3.05) is 0 Å². The number of benzene rings is 2. The van der Waals surface area contributed by atoms with Gasteiger partial charge in [0.05, 0.1) is 22.2 Å². The lowest BCUT2D eigenvalue weighted by molar-refractivity contribution is -0.136. The molecule has 172 valence electrons. The molecule has 0 unspecified atom stereocenters. The van der Waals surface area contributed by atoms with Crippen LogP contribution in [0.25, 0.3) is 32.2 Å². The van der Waals surface area contributed by atoms with Gasteiger partial charge in [-0.2, -0.15) is 0 Å². The molecule has 2 aromatic heterocycles. The summed E-state index contributed by atoms with van der Waals surface area (Å²) in [6.45, 7) is 7.12. The molecule has 0 atom stereocenters. The number of carboxylic acid groups (broad SMARTS) is 1. The van der Waals surface area contributed by atoms with E-state index in [9.17, 15) is 9.90 Å². The molecule has 0 amide bonds. The fraction of sp³-hybridized carbons (Fsp3) is 0.250. The number of thiazole rings is 1. The highest BCUT2D eigenvalue weighted by atomic mass is 35.5.